The van der Waals surface area contributed by atoms with Gasteiger partial charge >= 0.3 is 0 Å². The van der Waals surface area contributed by atoms with E-state index in [0.29, 0.717) is 28.1 Å². The predicted molar refractivity (Wildman–Crippen MR) is 109 cm³/mol. The van der Waals surface area contributed by atoms with Crippen molar-refractivity contribution >= 4 is 69.0 Å². The van der Waals surface area contributed by atoms with E-state index >= 15 is 0 Å². The van der Waals surface area contributed by atoms with E-state index in [1.165, 1.54) is 17.8 Å². The second-order valence-electron chi connectivity index (χ2n) is 6.40. The number of amides is 2. The van der Waals surface area contributed by atoms with Gasteiger partial charge in [0.15, 0.2) is 0 Å². The monoisotopic (exact) mass is 432 g/mol. The molecule has 2 fully saturated rings. The summed E-state index contributed by atoms with van der Waals surface area (Å²) in [5.41, 5.74) is 0.355. The van der Waals surface area contributed by atoms with Crippen molar-refractivity contribution in [1.82, 2.24) is 4.90 Å². The lowest BCUT2D eigenvalue weighted by Gasteiger charge is -2.36. The van der Waals surface area contributed by atoms with Crippen molar-refractivity contribution < 1.29 is 14.3 Å². The number of thiocarbonyl (C=S) groups is 1. The number of hydrogen-bond acceptors (Lipinski definition) is 5. The van der Waals surface area contributed by atoms with Crippen LogP contribution in [0.1, 0.15) is 20.3 Å². The molecule has 2 amide bonds. The molecular formula is C17H18Cl2N2O3S2. The fourth-order valence-corrected chi connectivity index (χ4v) is 5.10. The second kappa shape index (κ2) is 8.02. The minimum absolute atomic E-state index is 0.0718. The van der Waals surface area contributed by atoms with Gasteiger partial charge in [-0.15, -0.1) is 0 Å². The lowest BCUT2D eigenvalue weighted by atomic mass is 10.2. The Morgan fingerprint density at radius 2 is 1.88 bits per heavy atom. The molecule has 3 rings (SSSR count). The van der Waals surface area contributed by atoms with Crippen LogP contribution in [-0.2, 0) is 14.3 Å². The molecule has 2 heterocycles. The van der Waals surface area contributed by atoms with E-state index in [1.54, 1.807) is 12.1 Å². The van der Waals surface area contributed by atoms with Crippen LogP contribution in [0.2, 0.25) is 10.0 Å². The molecule has 0 N–H and O–H groups in total. The average molecular weight is 433 g/mol. The van der Waals surface area contributed by atoms with E-state index in [2.05, 4.69) is 0 Å². The zero-order chi connectivity index (χ0) is 19.0. The molecule has 0 aliphatic carbocycles. The van der Waals surface area contributed by atoms with Crippen LogP contribution < -0.4 is 4.90 Å². The summed E-state index contributed by atoms with van der Waals surface area (Å²) in [5, 5.41) is 0.166. The van der Waals surface area contributed by atoms with Crippen LogP contribution in [0.25, 0.3) is 0 Å². The Morgan fingerprint density at radius 3 is 2.50 bits per heavy atom. The van der Waals surface area contributed by atoms with E-state index in [4.69, 9.17) is 40.2 Å². The van der Waals surface area contributed by atoms with Gasteiger partial charge in [-0.1, -0.05) is 47.2 Å². The van der Waals surface area contributed by atoms with Crippen molar-refractivity contribution in [3.05, 3.63) is 28.2 Å². The summed E-state index contributed by atoms with van der Waals surface area (Å²) < 4.78 is 6.32. The molecule has 9 heteroatoms. The number of carbonyl (C=O) groups excluding carboxylic acids is 2. The van der Waals surface area contributed by atoms with Crippen LogP contribution in [-0.4, -0.2) is 51.6 Å². The minimum atomic E-state index is -0.546. The van der Waals surface area contributed by atoms with Gasteiger partial charge < -0.3 is 9.64 Å². The lowest BCUT2D eigenvalue weighted by Crippen LogP contribution is -2.47. The van der Waals surface area contributed by atoms with E-state index in [1.807, 2.05) is 18.7 Å². The molecule has 3 atom stereocenters. The number of nitrogens with zero attached hydrogens (tertiary/aromatic N) is 2. The third-order valence-corrected chi connectivity index (χ3v) is 6.37. The van der Waals surface area contributed by atoms with Gasteiger partial charge in [0.25, 0.3) is 0 Å². The number of ether oxygens (including phenoxy) is 1. The number of thioether (sulfide) groups is 1. The highest BCUT2D eigenvalue weighted by Gasteiger charge is 2.42. The SMILES string of the molecule is C[C@@H]1CN(C(=S)S[C@H]2CC(=O)N(c3ccc(Cl)cc3Cl)C2=O)C[C@H](C)O1. The van der Waals surface area contributed by atoms with E-state index in [9.17, 15) is 9.59 Å². The number of imide groups is 1. The maximum atomic E-state index is 12.8. The maximum Gasteiger partial charge on any atom is 0.247 e. The molecule has 140 valence electrons. The number of rotatable bonds is 2. The van der Waals surface area contributed by atoms with Crippen molar-refractivity contribution in [2.75, 3.05) is 18.0 Å². The van der Waals surface area contributed by atoms with Crippen LogP contribution in [0, 0.1) is 0 Å². The molecule has 1 aromatic carbocycles. The normalized spacial score (nSPS) is 26.5. The van der Waals surface area contributed by atoms with Gasteiger partial charge in [-0.05, 0) is 32.0 Å². The number of carbonyl (C=O) groups is 2. The Kier molecular flexibility index (Phi) is 6.14. The Labute approximate surface area is 171 Å². The van der Waals surface area contributed by atoms with E-state index in [0.717, 1.165) is 4.90 Å². The molecule has 0 bridgehead atoms. The van der Waals surface area contributed by atoms with Crippen LogP contribution in [0.3, 0.4) is 0 Å². The molecule has 2 aliphatic rings. The topological polar surface area (TPSA) is 49.9 Å². The molecule has 2 saturated heterocycles. The number of halogens is 2. The second-order valence-corrected chi connectivity index (χ2v) is 9.08. The van der Waals surface area contributed by atoms with Crippen LogP contribution in [0.4, 0.5) is 5.69 Å². The summed E-state index contributed by atoms with van der Waals surface area (Å²) >= 11 is 18.8. The third kappa shape index (κ3) is 4.17. The van der Waals surface area contributed by atoms with Gasteiger partial charge in [-0.25, -0.2) is 4.90 Å². The van der Waals surface area contributed by atoms with Crippen molar-refractivity contribution in [2.45, 2.75) is 37.7 Å². The first-order valence-electron chi connectivity index (χ1n) is 8.19. The van der Waals surface area contributed by atoms with Gasteiger partial charge in [0.2, 0.25) is 11.8 Å². The van der Waals surface area contributed by atoms with E-state index in [-0.39, 0.29) is 35.5 Å². The van der Waals surface area contributed by atoms with Gasteiger partial charge in [0.1, 0.15) is 9.57 Å². The molecule has 0 spiro atoms. The molecule has 0 saturated carbocycles. The zero-order valence-corrected chi connectivity index (χ0v) is 17.4. The first-order valence-corrected chi connectivity index (χ1v) is 10.2. The lowest BCUT2D eigenvalue weighted by molar-refractivity contribution is -0.121. The zero-order valence-electron chi connectivity index (χ0n) is 14.3. The highest BCUT2D eigenvalue weighted by Crippen LogP contribution is 2.36. The average Bonchev–Trinajstić information content (AvgIpc) is 2.81. The Balaban J connectivity index is 1.71. The largest absolute Gasteiger partial charge is 0.372 e. The van der Waals surface area contributed by atoms with Gasteiger partial charge in [-0.2, -0.15) is 0 Å². The minimum Gasteiger partial charge on any atom is -0.372 e. The summed E-state index contributed by atoms with van der Waals surface area (Å²) in [6.07, 6.45) is 0.239. The van der Waals surface area contributed by atoms with Gasteiger partial charge in [-0.3, -0.25) is 9.59 Å². The number of hydrogen-bond donors (Lipinski definition) is 0. The summed E-state index contributed by atoms with van der Waals surface area (Å²) in [7, 11) is 0. The van der Waals surface area contributed by atoms with Crippen LogP contribution >= 0.6 is 47.2 Å². The molecule has 5 nitrogen and oxygen atoms in total. The van der Waals surface area contributed by atoms with Gasteiger partial charge in [0, 0.05) is 24.5 Å². The van der Waals surface area contributed by atoms with Crippen molar-refractivity contribution in [3.63, 3.8) is 0 Å². The van der Waals surface area contributed by atoms with Crippen molar-refractivity contribution in [1.29, 1.82) is 0 Å². The molecular weight excluding hydrogens is 415 g/mol. The standard InChI is InChI=1S/C17H18Cl2N2O3S2/c1-9-7-20(8-10(2)24-9)17(25)26-14-6-15(22)21(16(14)23)13-4-3-11(18)5-12(13)19/h3-5,9-10,14H,6-8H2,1-2H3/t9-,10+,14-/m0/s1. The summed E-state index contributed by atoms with van der Waals surface area (Å²) in [5.74, 6) is -0.593. The van der Waals surface area contributed by atoms with Gasteiger partial charge in [0.05, 0.1) is 22.9 Å². The molecule has 0 unspecified atom stereocenters. The number of benzene rings is 1. The fourth-order valence-electron chi connectivity index (χ4n) is 3.14. The summed E-state index contributed by atoms with van der Waals surface area (Å²) in [6.45, 7) is 5.34. The molecule has 1 aromatic rings. The first kappa shape index (κ1) is 19.9. The first-order chi connectivity index (χ1) is 12.3. The molecule has 0 aromatic heterocycles. The summed E-state index contributed by atoms with van der Waals surface area (Å²) in [6, 6.07) is 4.70. The quantitative estimate of drug-likeness (QED) is 0.523. The number of anilines is 1. The smallest absolute Gasteiger partial charge is 0.247 e. The Bertz CT molecular complexity index is 752. The third-order valence-electron chi connectivity index (χ3n) is 4.18. The highest BCUT2D eigenvalue weighted by atomic mass is 35.5. The van der Waals surface area contributed by atoms with Crippen LogP contribution in [0.5, 0.6) is 0 Å². The Hall–Kier alpha value is -0.860. The van der Waals surface area contributed by atoms with Crippen molar-refractivity contribution in [3.8, 4) is 0 Å². The molecule has 2 aliphatic heterocycles. The van der Waals surface area contributed by atoms with E-state index < -0.39 is 5.25 Å². The number of morpholine rings is 1. The Morgan fingerprint density at radius 1 is 1.23 bits per heavy atom. The summed E-state index contributed by atoms with van der Waals surface area (Å²) in [4.78, 5) is 28.4. The molecule has 0 radical (unpaired) electrons. The predicted octanol–water partition coefficient (Wildman–Crippen LogP) is 3.75. The highest BCUT2D eigenvalue weighted by molar-refractivity contribution is 8.23. The fraction of sp³-hybridized carbons (Fsp3) is 0.471. The maximum absolute atomic E-state index is 12.8. The van der Waals surface area contributed by atoms with Crippen LogP contribution in [0.15, 0.2) is 18.2 Å². The van der Waals surface area contributed by atoms with Crippen molar-refractivity contribution in [2.24, 2.45) is 0 Å². The molecule has 26 heavy (non-hydrogen) atoms.